The average molecular weight is 212 g/mol. The molecule has 2 heterocycles. The molecule has 0 aromatic carbocycles. The highest BCUT2D eigenvalue weighted by Gasteiger charge is 1.96. The van der Waals surface area contributed by atoms with E-state index in [1.165, 1.54) is 0 Å². The summed E-state index contributed by atoms with van der Waals surface area (Å²) < 4.78 is 0. The number of anilines is 2. The smallest absolute Gasteiger partial charge is 0.224 e. The second-order valence-electron chi connectivity index (χ2n) is 2.35. The minimum Gasteiger partial charge on any atom is -0.339 e. The fraction of sp³-hybridized carbons (Fsp3) is 0. The van der Waals surface area contributed by atoms with Crippen LogP contribution in [0.5, 0.6) is 0 Å². The van der Waals surface area contributed by atoms with Gasteiger partial charge >= 0.3 is 0 Å². The monoisotopic (exact) mass is 211 g/mol. The largest absolute Gasteiger partial charge is 0.339 e. The lowest BCUT2D eigenvalue weighted by molar-refractivity contribution is 1.17. The van der Waals surface area contributed by atoms with Crippen molar-refractivity contribution in [1.29, 1.82) is 0 Å². The maximum absolute atomic E-state index is 5.63. The van der Waals surface area contributed by atoms with Gasteiger partial charge < -0.3 is 5.32 Å². The molecule has 2 rings (SSSR count). The fourth-order valence-corrected chi connectivity index (χ4v) is 1.62. The molecular formula is C8H6ClN3S. The van der Waals surface area contributed by atoms with Crippen molar-refractivity contribution in [1.82, 2.24) is 9.97 Å². The van der Waals surface area contributed by atoms with E-state index in [0.717, 1.165) is 5.69 Å². The van der Waals surface area contributed by atoms with Crippen molar-refractivity contribution >= 4 is 34.4 Å². The lowest BCUT2D eigenvalue weighted by atomic mass is 10.5. The van der Waals surface area contributed by atoms with Crippen molar-refractivity contribution in [2.24, 2.45) is 0 Å². The molecule has 0 amide bonds. The Morgan fingerprint density at radius 1 is 1.38 bits per heavy atom. The van der Waals surface area contributed by atoms with Gasteiger partial charge in [0.25, 0.3) is 0 Å². The molecule has 0 saturated carbocycles. The summed E-state index contributed by atoms with van der Waals surface area (Å²) in [5, 5.41) is 7.34. The molecule has 2 aromatic rings. The zero-order valence-corrected chi connectivity index (χ0v) is 8.14. The summed E-state index contributed by atoms with van der Waals surface area (Å²) in [6.45, 7) is 0. The van der Waals surface area contributed by atoms with Crippen LogP contribution in [0.1, 0.15) is 0 Å². The van der Waals surface area contributed by atoms with Crippen LogP contribution in [0.25, 0.3) is 0 Å². The first-order valence-corrected chi connectivity index (χ1v) is 4.94. The van der Waals surface area contributed by atoms with Crippen LogP contribution >= 0.6 is 22.9 Å². The molecule has 0 aliphatic heterocycles. The van der Waals surface area contributed by atoms with E-state index >= 15 is 0 Å². The molecule has 0 unspecified atom stereocenters. The third kappa shape index (κ3) is 2.17. The first-order valence-electron chi connectivity index (χ1n) is 3.62. The number of hydrogen-bond donors (Lipinski definition) is 1. The Hall–Kier alpha value is -1.13. The fourth-order valence-electron chi connectivity index (χ4n) is 0.888. The van der Waals surface area contributed by atoms with Gasteiger partial charge in [-0.25, -0.2) is 9.97 Å². The van der Waals surface area contributed by atoms with Gasteiger partial charge in [-0.3, -0.25) is 0 Å². The molecule has 5 heteroatoms. The summed E-state index contributed by atoms with van der Waals surface area (Å²) in [6.07, 6.45) is 1.62. The van der Waals surface area contributed by atoms with Crippen molar-refractivity contribution in [2.75, 3.05) is 5.32 Å². The average Bonchev–Trinajstić information content (AvgIpc) is 2.57. The minimum absolute atomic E-state index is 0.250. The van der Waals surface area contributed by atoms with Crippen LogP contribution in [-0.2, 0) is 0 Å². The standard InChI is InChI=1S/C8H6ClN3S/c9-8-10-3-1-7(12-8)11-6-2-4-13-5-6/h1-5H,(H,10,11,12). The van der Waals surface area contributed by atoms with Crippen molar-refractivity contribution in [3.63, 3.8) is 0 Å². The van der Waals surface area contributed by atoms with E-state index in [2.05, 4.69) is 15.3 Å². The molecule has 2 aromatic heterocycles. The van der Waals surface area contributed by atoms with Crippen LogP contribution in [0.4, 0.5) is 11.5 Å². The molecule has 0 fully saturated rings. The highest BCUT2D eigenvalue weighted by Crippen LogP contribution is 2.17. The summed E-state index contributed by atoms with van der Waals surface area (Å²) in [5.74, 6) is 0.707. The summed E-state index contributed by atoms with van der Waals surface area (Å²) in [5.41, 5.74) is 1.01. The third-order valence-electron chi connectivity index (χ3n) is 1.42. The van der Waals surface area contributed by atoms with E-state index in [1.54, 1.807) is 23.6 Å². The zero-order valence-electron chi connectivity index (χ0n) is 6.57. The Morgan fingerprint density at radius 2 is 2.31 bits per heavy atom. The van der Waals surface area contributed by atoms with Crippen LogP contribution in [0.3, 0.4) is 0 Å². The van der Waals surface area contributed by atoms with Gasteiger partial charge in [0.1, 0.15) is 5.82 Å². The third-order valence-corrected chi connectivity index (χ3v) is 2.29. The summed E-state index contributed by atoms with van der Waals surface area (Å²) in [6, 6.07) is 3.74. The van der Waals surface area contributed by atoms with Crippen LogP contribution in [-0.4, -0.2) is 9.97 Å². The summed E-state index contributed by atoms with van der Waals surface area (Å²) >= 11 is 7.25. The van der Waals surface area contributed by atoms with Gasteiger partial charge in [0.05, 0.1) is 5.69 Å². The maximum atomic E-state index is 5.63. The SMILES string of the molecule is Clc1nccc(Nc2ccsc2)n1. The number of rotatable bonds is 2. The lowest BCUT2D eigenvalue weighted by Crippen LogP contribution is -1.92. The van der Waals surface area contributed by atoms with Gasteiger partial charge in [-0.1, -0.05) is 0 Å². The molecule has 3 nitrogen and oxygen atoms in total. The van der Waals surface area contributed by atoms with Gasteiger partial charge in [-0.15, -0.1) is 0 Å². The molecule has 0 saturated heterocycles. The van der Waals surface area contributed by atoms with E-state index in [0.29, 0.717) is 5.82 Å². The molecule has 0 atom stereocenters. The highest BCUT2D eigenvalue weighted by molar-refractivity contribution is 7.08. The Bertz CT molecular complexity index is 388. The van der Waals surface area contributed by atoms with Gasteiger partial charge in [-0.2, -0.15) is 11.3 Å². The minimum atomic E-state index is 0.250. The normalized spacial score (nSPS) is 9.92. The number of aromatic nitrogens is 2. The number of halogens is 1. The van der Waals surface area contributed by atoms with E-state index < -0.39 is 0 Å². The number of nitrogens with one attached hydrogen (secondary N) is 1. The molecule has 0 aliphatic carbocycles. The first kappa shape index (κ1) is 8.47. The Balaban J connectivity index is 2.19. The van der Waals surface area contributed by atoms with Gasteiger partial charge in [0, 0.05) is 11.6 Å². The van der Waals surface area contributed by atoms with E-state index in [1.807, 2.05) is 16.8 Å². The second-order valence-corrected chi connectivity index (χ2v) is 3.47. The number of nitrogens with zero attached hydrogens (tertiary/aromatic N) is 2. The topological polar surface area (TPSA) is 37.8 Å². The maximum Gasteiger partial charge on any atom is 0.224 e. The van der Waals surface area contributed by atoms with E-state index in [4.69, 9.17) is 11.6 Å². The summed E-state index contributed by atoms with van der Waals surface area (Å²) in [4.78, 5) is 7.78. The molecule has 66 valence electrons. The van der Waals surface area contributed by atoms with Crippen molar-refractivity contribution < 1.29 is 0 Å². The predicted octanol–water partition coefficient (Wildman–Crippen LogP) is 2.94. The van der Waals surface area contributed by atoms with Crippen LogP contribution in [0, 0.1) is 0 Å². The van der Waals surface area contributed by atoms with Crippen LogP contribution in [0.2, 0.25) is 5.28 Å². The van der Waals surface area contributed by atoms with Crippen LogP contribution < -0.4 is 5.32 Å². The quantitative estimate of drug-likeness (QED) is 0.777. The van der Waals surface area contributed by atoms with Crippen molar-refractivity contribution in [3.8, 4) is 0 Å². The Labute approximate surface area is 84.4 Å². The van der Waals surface area contributed by atoms with Crippen LogP contribution in [0.15, 0.2) is 29.1 Å². The Morgan fingerprint density at radius 3 is 3.00 bits per heavy atom. The second kappa shape index (κ2) is 3.72. The number of hydrogen-bond acceptors (Lipinski definition) is 4. The zero-order chi connectivity index (χ0) is 9.10. The molecular weight excluding hydrogens is 206 g/mol. The first-order chi connectivity index (χ1) is 6.34. The molecule has 0 spiro atoms. The highest BCUT2D eigenvalue weighted by atomic mass is 35.5. The van der Waals surface area contributed by atoms with Crippen molar-refractivity contribution in [2.45, 2.75) is 0 Å². The molecule has 0 aliphatic rings. The number of thiophene rings is 1. The lowest BCUT2D eigenvalue weighted by Gasteiger charge is -2.01. The predicted molar refractivity (Wildman–Crippen MR) is 54.6 cm³/mol. The van der Waals surface area contributed by atoms with Gasteiger partial charge in [0.2, 0.25) is 5.28 Å². The van der Waals surface area contributed by atoms with Gasteiger partial charge in [0.15, 0.2) is 0 Å². The molecule has 0 radical (unpaired) electrons. The van der Waals surface area contributed by atoms with E-state index in [-0.39, 0.29) is 5.28 Å². The van der Waals surface area contributed by atoms with E-state index in [9.17, 15) is 0 Å². The van der Waals surface area contributed by atoms with Gasteiger partial charge in [-0.05, 0) is 29.1 Å². The Kier molecular flexibility index (Phi) is 2.42. The molecule has 0 bridgehead atoms. The van der Waals surface area contributed by atoms with Crippen molar-refractivity contribution in [3.05, 3.63) is 34.4 Å². The summed E-state index contributed by atoms with van der Waals surface area (Å²) in [7, 11) is 0. The molecule has 13 heavy (non-hydrogen) atoms. The molecule has 1 N–H and O–H groups in total.